The van der Waals surface area contributed by atoms with Gasteiger partial charge in [0.05, 0.1) is 11.9 Å². The first-order chi connectivity index (χ1) is 11.7. The van der Waals surface area contributed by atoms with E-state index < -0.39 is 0 Å². The van der Waals surface area contributed by atoms with Gasteiger partial charge in [-0.1, -0.05) is 19.8 Å². The molecule has 3 rings (SSSR count). The van der Waals surface area contributed by atoms with Crippen LogP contribution in [-0.4, -0.2) is 34.8 Å². The van der Waals surface area contributed by atoms with Crippen LogP contribution in [0.5, 0.6) is 0 Å². The monoisotopic (exact) mass is 332 g/mol. The van der Waals surface area contributed by atoms with Crippen LogP contribution in [0.4, 0.5) is 5.69 Å². The first-order valence-electron chi connectivity index (χ1n) is 9.30. The number of hydrogen-bond donors (Lipinski definition) is 1. The highest BCUT2D eigenvalue weighted by atomic mass is 16.2. The Kier molecular flexibility index (Phi) is 5.53. The van der Waals surface area contributed by atoms with Crippen molar-refractivity contribution in [3.8, 4) is 0 Å². The highest BCUT2D eigenvalue weighted by Crippen LogP contribution is 2.23. The third kappa shape index (κ3) is 3.97. The van der Waals surface area contributed by atoms with Crippen molar-refractivity contribution in [1.29, 1.82) is 0 Å². The first kappa shape index (κ1) is 17.0. The Morgan fingerprint density at radius 2 is 1.96 bits per heavy atom. The molecule has 6 nitrogen and oxygen atoms in total. The Hall–Kier alpha value is -1.85. The molecule has 6 heteroatoms. The quantitative estimate of drug-likeness (QED) is 0.895. The molecule has 24 heavy (non-hydrogen) atoms. The van der Waals surface area contributed by atoms with Gasteiger partial charge in [0.25, 0.3) is 5.56 Å². The SMILES string of the molecule is CCCn1ncc(N2CCC(C(=O)NC3CCCC3)CC2)cc1=O. The van der Waals surface area contributed by atoms with Crippen LogP contribution in [0.25, 0.3) is 0 Å². The van der Waals surface area contributed by atoms with Gasteiger partial charge in [-0.05, 0) is 32.1 Å². The zero-order chi connectivity index (χ0) is 16.9. The topological polar surface area (TPSA) is 67.2 Å². The van der Waals surface area contributed by atoms with E-state index in [1.54, 1.807) is 12.3 Å². The predicted molar refractivity (Wildman–Crippen MR) is 94.1 cm³/mol. The molecule has 1 saturated carbocycles. The van der Waals surface area contributed by atoms with Crippen LogP contribution in [0.2, 0.25) is 0 Å². The van der Waals surface area contributed by atoms with Crippen molar-refractivity contribution < 1.29 is 4.79 Å². The summed E-state index contributed by atoms with van der Waals surface area (Å²) >= 11 is 0. The molecule has 1 aliphatic carbocycles. The van der Waals surface area contributed by atoms with Gasteiger partial charge in [-0.2, -0.15) is 5.10 Å². The van der Waals surface area contributed by atoms with Gasteiger partial charge in [-0.25, -0.2) is 4.68 Å². The van der Waals surface area contributed by atoms with Gasteiger partial charge in [0.1, 0.15) is 0 Å². The number of nitrogens with one attached hydrogen (secondary N) is 1. The lowest BCUT2D eigenvalue weighted by atomic mass is 9.95. The molecule has 2 aliphatic rings. The normalized spacial score (nSPS) is 19.6. The van der Waals surface area contributed by atoms with E-state index in [2.05, 4.69) is 15.3 Å². The highest BCUT2D eigenvalue weighted by molar-refractivity contribution is 5.79. The van der Waals surface area contributed by atoms with Crippen molar-refractivity contribution in [2.24, 2.45) is 5.92 Å². The number of anilines is 1. The molecule has 0 unspecified atom stereocenters. The number of piperidine rings is 1. The third-order valence-electron chi connectivity index (χ3n) is 5.22. The van der Waals surface area contributed by atoms with Crippen LogP contribution >= 0.6 is 0 Å². The third-order valence-corrected chi connectivity index (χ3v) is 5.22. The number of hydrogen-bond acceptors (Lipinski definition) is 4. The van der Waals surface area contributed by atoms with Gasteiger partial charge < -0.3 is 10.2 Å². The summed E-state index contributed by atoms with van der Waals surface area (Å²) in [6, 6.07) is 2.06. The molecule has 0 aromatic carbocycles. The summed E-state index contributed by atoms with van der Waals surface area (Å²) in [6.07, 6.45) is 9.09. The van der Waals surface area contributed by atoms with E-state index in [9.17, 15) is 9.59 Å². The summed E-state index contributed by atoms with van der Waals surface area (Å²) in [5.41, 5.74) is 0.831. The van der Waals surface area contributed by atoms with Crippen molar-refractivity contribution >= 4 is 11.6 Å². The minimum atomic E-state index is -0.0459. The molecule has 2 heterocycles. The summed E-state index contributed by atoms with van der Waals surface area (Å²) < 4.78 is 1.51. The summed E-state index contributed by atoms with van der Waals surface area (Å²) in [7, 11) is 0. The zero-order valence-electron chi connectivity index (χ0n) is 14.5. The van der Waals surface area contributed by atoms with Gasteiger partial charge in [-0.15, -0.1) is 0 Å². The lowest BCUT2D eigenvalue weighted by Crippen LogP contribution is -2.43. The van der Waals surface area contributed by atoms with Crippen molar-refractivity contribution in [3.05, 3.63) is 22.6 Å². The molecule has 2 fully saturated rings. The van der Waals surface area contributed by atoms with Gasteiger partial charge in [0.2, 0.25) is 5.91 Å². The molecule has 0 radical (unpaired) electrons. The number of rotatable bonds is 5. The van der Waals surface area contributed by atoms with Gasteiger partial charge >= 0.3 is 0 Å². The standard InChI is InChI=1S/C18H28N4O2/c1-2-9-22-17(23)12-16(13-19-22)21-10-7-14(8-11-21)18(24)20-15-5-3-4-6-15/h12-15H,2-11H2,1H3,(H,20,24). The predicted octanol–water partition coefficient (Wildman–Crippen LogP) is 1.93. The molecule has 0 atom stereocenters. The Morgan fingerprint density at radius 3 is 2.58 bits per heavy atom. The van der Waals surface area contributed by atoms with E-state index in [1.165, 1.54) is 17.5 Å². The molecular formula is C18H28N4O2. The van der Waals surface area contributed by atoms with Crippen molar-refractivity contribution in [3.63, 3.8) is 0 Å². The number of carbonyl (C=O) groups excluding carboxylic acids is 1. The van der Waals surface area contributed by atoms with E-state index >= 15 is 0 Å². The smallest absolute Gasteiger partial charge is 0.268 e. The minimum Gasteiger partial charge on any atom is -0.370 e. The maximum absolute atomic E-state index is 12.4. The summed E-state index contributed by atoms with van der Waals surface area (Å²) in [6.45, 7) is 4.30. The van der Waals surface area contributed by atoms with Crippen molar-refractivity contribution in [2.45, 2.75) is 64.5 Å². The zero-order valence-corrected chi connectivity index (χ0v) is 14.5. The summed E-state index contributed by atoms with van der Waals surface area (Å²) in [4.78, 5) is 26.6. The lowest BCUT2D eigenvalue weighted by molar-refractivity contribution is -0.126. The number of aromatic nitrogens is 2. The fraction of sp³-hybridized carbons (Fsp3) is 0.722. The van der Waals surface area contributed by atoms with E-state index in [0.29, 0.717) is 12.6 Å². The average molecular weight is 332 g/mol. The number of carbonyl (C=O) groups is 1. The Bertz CT molecular complexity index is 614. The second-order valence-corrected chi connectivity index (χ2v) is 7.03. The second-order valence-electron chi connectivity index (χ2n) is 7.03. The van der Waals surface area contributed by atoms with Crippen LogP contribution in [0, 0.1) is 5.92 Å². The Labute approximate surface area is 143 Å². The summed E-state index contributed by atoms with van der Waals surface area (Å²) in [5.74, 6) is 0.327. The largest absolute Gasteiger partial charge is 0.370 e. The van der Waals surface area contributed by atoms with E-state index in [-0.39, 0.29) is 17.4 Å². The molecule has 1 amide bonds. The fourth-order valence-electron chi connectivity index (χ4n) is 3.77. The molecule has 1 saturated heterocycles. The highest BCUT2D eigenvalue weighted by Gasteiger charge is 2.27. The number of aryl methyl sites for hydroxylation is 1. The summed E-state index contributed by atoms with van der Waals surface area (Å²) in [5, 5.41) is 7.46. The minimum absolute atomic E-state index is 0.0459. The Balaban J connectivity index is 1.53. The van der Waals surface area contributed by atoms with Crippen LogP contribution in [-0.2, 0) is 11.3 Å². The van der Waals surface area contributed by atoms with E-state index in [1.807, 2.05) is 6.92 Å². The van der Waals surface area contributed by atoms with Crippen molar-refractivity contribution in [1.82, 2.24) is 15.1 Å². The molecule has 1 aliphatic heterocycles. The maximum atomic E-state index is 12.4. The molecular weight excluding hydrogens is 304 g/mol. The maximum Gasteiger partial charge on any atom is 0.268 e. The Morgan fingerprint density at radius 1 is 1.25 bits per heavy atom. The molecule has 1 aromatic heterocycles. The molecule has 1 aromatic rings. The second kappa shape index (κ2) is 7.81. The van der Waals surface area contributed by atoms with Gasteiger partial charge in [0, 0.05) is 37.7 Å². The first-order valence-corrected chi connectivity index (χ1v) is 9.30. The fourth-order valence-corrected chi connectivity index (χ4v) is 3.77. The van der Waals surface area contributed by atoms with Crippen molar-refractivity contribution in [2.75, 3.05) is 18.0 Å². The van der Waals surface area contributed by atoms with Crippen LogP contribution in [0.1, 0.15) is 51.9 Å². The van der Waals surface area contributed by atoms with Gasteiger partial charge in [0.15, 0.2) is 0 Å². The number of nitrogens with zero attached hydrogens (tertiary/aromatic N) is 3. The van der Waals surface area contributed by atoms with Crippen LogP contribution in [0.3, 0.4) is 0 Å². The molecule has 0 spiro atoms. The van der Waals surface area contributed by atoms with E-state index in [4.69, 9.17) is 0 Å². The van der Waals surface area contributed by atoms with Crippen LogP contribution in [0.15, 0.2) is 17.1 Å². The van der Waals surface area contributed by atoms with Gasteiger partial charge in [-0.3, -0.25) is 9.59 Å². The number of amides is 1. The van der Waals surface area contributed by atoms with E-state index in [0.717, 1.165) is 50.9 Å². The average Bonchev–Trinajstić information content (AvgIpc) is 3.10. The molecule has 0 bridgehead atoms. The lowest BCUT2D eigenvalue weighted by Gasteiger charge is -2.33. The molecule has 132 valence electrons. The molecule has 1 N–H and O–H groups in total. The van der Waals surface area contributed by atoms with Crippen LogP contribution < -0.4 is 15.8 Å².